The molecule has 0 bridgehead atoms. The molecule has 98 valence electrons. The highest BCUT2D eigenvalue weighted by Crippen LogP contribution is 2.28. The Morgan fingerprint density at radius 1 is 1.32 bits per heavy atom. The van der Waals surface area contributed by atoms with Crippen molar-refractivity contribution in [2.45, 2.75) is 10.8 Å². The van der Waals surface area contributed by atoms with Gasteiger partial charge in [0.25, 0.3) is 0 Å². The van der Waals surface area contributed by atoms with Crippen LogP contribution < -0.4 is 5.73 Å². The molecule has 2 aromatic rings. The second-order valence-corrected chi connectivity index (χ2v) is 4.95. The van der Waals surface area contributed by atoms with Crippen LogP contribution in [0.3, 0.4) is 0 Å². The first kappa shape index (κ1) is 13.6. The van der Waals surface area contributed by atoms with Crippen molar-refractivity contribution in [3.63, 3.8) is 0 Å². The highest BCUT2D eigenvalue weighted by molar-refractivity contribution is 7.98. The first-order valence-corrected chi connectivity index (χ1v) is 6.67. The number of hydrogen-bond acceptors (Lipinski definition) is 5. The van der Waals surface area contributed by atoms with Gasteiger partial charge in [-0.3, -0.25) is 0 Å². The summed E-state index contributed by atoms with van der Waals surface area (Å²) in [6, 6.07) is 9.75. The molecule has 3 N–H and O–H groups in total. The molecule has 0 atom stereocenters. The van der Waals surface area contributed by atoms with Crippen LogP contribution in [-0.4, -0.2) is 21.0 Å². The molecular weight excluding hydrogens is 286 g/mol. The zero-order valence-corrected chi connectivity index (χ0v) is 11.3. The maximum Gasteiger partial charge on any atom is 0.358 e. The predicted molar refractivity (Wildman–Crippen MR) is 74.4 cm³/mol. The maximum absolute atomic E-state index is 10.8. The van der Waals surface area contributed by atoms with E-state index < -0.39 is 5.97 Å². The summed E-state index contributed by atoms with van der Waals surface area (Å²) in [5.74, 6) is -0.722. The van der Waals surface area contributed by atoms with E-state index >= 15 is 0 Å². The third kappa shape index (κ3) is 3.36. The van der Waals surface area contributed by atoms with Gasteiger partial charge in [0.2, 0.25) is 0 Å². The predicted octanol–water partition coefficient (Wildman–Crippen LogP) is 2.70. The van der Waals surface area contributed by atoms with Gasteiger partial charge < -0.3 is 10.8 Å². The van der Waals surface area contributed by atoms with Crippen LogP contribution in [-0.2, 0) is 5.75 Å². The Morgan fingerprint density at radius 3 is 2.63 bits per heavy atom. The average Bonchev–Trinajstić information content (AvgIpc) is 2.40. The molecule has 2 rings (SSSR count). The van der Waals surface area contributed by atoms with Crippen molar-refractivity contribution in [2.75, 3.05) is 5.73 Å². The average molecular weight is 296 g/mol. The zero-order valence-electron chi connectivity index (χ0n) is 9.71. The number of carboxylic acid groups (broad SMARTS) is 1. The summed E-state index contributed by atoms with van der Waals surface area (Å²) < 4.78 is 0. The van der Waals surface area contributed by atoms with Crippen molar-refractivity contribution >= 4 is 35.1 Å². The topological polar surface area (TPSA) is 89.1 Å². The SMILES string of the molecule is Nc1nc(SCc2ccccc2)c(Cl)nc1C(=O)O. The molecule has 0 unspecified atom stereocenters. The number of benzene rings is 1. The van der Waals surface area contributed by atoms with Gasteiger partial charge in [0, 0.05) is 5.75 Å². The lowest BCUT2D eigenvalue weighted by molar-refractivity contribution is 0.0691. The van der Waals surface area contributed by atoms with Gasteiger partial charge in [0.1, 0.15) is 5.03 Å². The summed E-state index contributed by atoms with van der Waals surface area (Å²) in [4.78, 5) is 18.5. The number of hydrogen-bond donors (Lipinski definition) is 2. The van der Waals surface area contributed by atoms with Gasteiger partial charge in [0.15, 0.2) is 16.7 Å². The highest BCUT2D eigenvalue weighted by atomic mass is 35.5. The fraction of sp³-hybridized carbons (Fsp3) is 0.0833. The maximum atomic E-state index is 10.8. The molecule has 1 aromatic heterocycles. The number of carbonyl (C=O) groups is 1. The minimum absolute atomic E-state index is 0.0486. The van der Waals surface area contributed by atoms with E-state index in [0.717, 1.165) is 5.56 Å². The number of carboxylic acids is 1. The van der Waals surface area contributed by atoms with E-state index in [0.29, 0.717) is 10.8 Å². The lowest BCUT2D eigenvalue weighted by atomic mass is 10.2. The molecule has 0 amide bonds. The van der Waals surface area contributed by atoms with Crippen LogP contribution in [0, 0.1) is 0 Å². The largest absolute Gasteiger partial charge is 0.476 e. The number of aromatic nitrogens is 2. The summed E-state index contributed by atoms with van der Waals surface area (Å²) >= 11 is 7.25. The van der Waals surface area contributed by atoms with Gasteiger partial charge in [-0.05, 0) is 5.56 Å². The van der Waals surface area contributed by atoms with E-state index in [1.54, 1.807) is 0 Å². The fourth-order valence-corrected chi connectivity index (χ4v) is 2.50. The lowest BCUT2D eigenvalue weighted by Gasteiger charge is -2.06. The molecule has 0 fully saturated rings. The monoisotopic (exact) mass is 295 g/mol. The van der Waals surface area contributed by atoms with E-state index in [1.807, 2.05) is 30.3 Å². The van der Waals surface area contributed by atoms with Crippen molar-refractivity contribution in [2.24, 2.45) is 0 Å². The number of rotatable bonds is 4. The lowest BCUT2D eigenvalue weighted by Crippen LogP contribution is -2.08. The van der Waals surface area contributed by atoms with Crippen LogP contribution in [0.25, 0.3) is 0 Å². The number of anilines is 1. The Morgan fingerprint density at radius 2 is 2.00 bits per heavy atom. The number of nitrogen functional groups attached to an aromatic ring is 1. The Labute approximate surface area is 118 Å². The van der Waals surface area contributed by atoms with Gasteiger partial charge in [-0.2, -0.15) is 0 Å². The van der Waals surface area contributed by atoms with E-state index in [1.165, 1.54) is 11.8 Å². The Bertz CT molecular complexity index is 607. The van der Waals surface area contributed by atoms with Crippen molar-refractivity contribution in [3.05, 3.63) is 46.7 Å². The van der Waals surface area contributed by atoms with Crippen molar-refractivity contribution in [1.82, 2.24) is 9.97 Å². The Hall–Kier alpha value is -1.79. The number of nitrogens with two attached hydrogens (primary N) is 1. The van der Waals surface area contributed by atoms with E-state index in [2.05, 4.69) is 9.97 Å². The summed E-state index contributed by atoms with van der Waals surface area (Å²) in [5, 5.41) is 9.31. The minimum atomic E-state index is -1.24. The Balaban J connectivity index is 2.17. The summed E-state index contributed by atoms with van der Waals surface area (Å²) in [5.41, 5.74) is 6.31. The second-order valence-electron chi connectivity index (χ2n) is 3.63. The van der Waals surface area contributed by atoms with Crippen LogP contribution in [0.1, 0.15) is 16.1 Å². The third-order valence-corrected chi connectivity index (χ3v) is 3.68. The van der Waals surface area contributed by atoms with E-state index in [-0.39, 0.29) is 16.7 Å². The van der Waals surface area contributed by atoms with E-state index in [9.17, 15) is 4.79 Å². The zero-order chi connectivity index (χ0) is 13.8. The van der Waals surface area contributed by atoms with Crippen LogP contribution >= 0.6 is 23.4 Å². The first-order chi connectivity index (χ1) is 9.08. The Kier molecular flexibility index (Phi) is 4.24. The second kappa shape index (κ2) is 5.90. The van der Waals surface area contributed by atoms with Crippen molar-refractivity contribution < 1.29 is 9.90 Å². The molecule has 0 aliphatic heterocycles. The summed E-state index contributed by atoms with van der Waals surface area (Å²) in [6.07, 6.45) is 0. The van der Waals surface area contributed by atoms with Crippen molar-refractivity contribution in [1.29, 1.82) is 0 Å². The van der Waals surface area contributed by atoms with Crippen LogP contribution in [0.5, 0.6) is 0 Å². The van der Waals surface area contributed by atoms with Crippen LogP contribution in [0.4, 0.5) is 5.82 Å². The molecule has 0 radical (unpaired) electrons. The van der Waals surface area contributed by atoms with Gasteiger partial charge >= 0.3 is 5.97 Å². The normalized spacial score (nSPS) is 10.4. The number of thioether (sulfide) groups is 1. The van der Waals surface area contributed by atoms with Gasteiger partial charge in [0.05, 0.1) is 0 Å². The fourth-order valence-electron chi connectivity index (χ4n) is 1.39. The van der Waals surface area contributed by atoms with Gasteiger partial charge in [-0.1, -0.05) is 53.7 Å². The molecule has 19 heavy (non-hydrogen) atoms. The van der Waals surface area contributed by atoms with E-state index in [4.69, 9.17) is 22.4 Å². The third-order valence-electron chi connectivity index (χ3n) is 2.27. The number of halogens is 1. The molecular formula is C12H10ClN3O2S. The summed E-state index contributed by atoms with van der Waals surface area (Å²) in [7, 11) is 0. The number of aromatic carboxylic acids is 1. The molecule has 0 saturated carbocycles. The molecule has 0 spiro atoms. The van der Waals surface area contributed by atoms with Crippen molar-refractivity contribution in [3.8, 4) is 0 Å². The van der Waals surface area contributed by atoms with Gasteiger partial charge in [-0.15, -0.1) is 0 Å². The molecule has 0 saturated heterocycles. The molecule has 5 nitrogen and oxygen atoms in total. The van der Waals surface area contributed by atoms with Crippen LogP contribution in [0.15, 0.2) is 35.4 Å². The standard InChI is InChI=1S/C12H10ClN3O2S/c13-9-11(16-10(14)8(15-9)12(17)18)19-6-7-4-2-1-3-5-7/h1-5H,6H2,(H2,14,16)(H,17,18). The van der Waals surface area contributed by atoms with Crippen LogP contribution in [0.2, 0.25) is 5.15 Å². The van der Waals surface area contributed by atoms with Gasteiger partial charge in [-0.25, -0.2) is 14.8 Å². The molecule has 0 aliphatic rings. The quantitative estimate of drug-likeness (QED) is 0.843. The molecule has 0 aliphatic carbocycles. The first-order valence-electron chi connectivity index (χ1n) is 5.31. The number of nitrogens with zero attached hydrogens (tertiary/aromatic N) is 2. The highest BCUT2D eigenvalue weighted by Gasteiger charge is 2.16. The molecule has 7 heteroatoms. The molecule has 1 heterocycles. The molecule has 1 aromatic carbocycles. The summed E-state index contributed by atoms with van der Waals surface area (Å²) in [6.45, 7) is 0. The minimum Gasteiger partial charge on any atom is -0.476 e. The smallest absolute Gasteiger partial charge is 0.358 e.